The van der Waals surface area contributed by atoms with Crippen molar-refractivity contribution in [3.63, 3.8) is 0 Å². The monoisotopic (exact) mass is 206 g/mol. The van der Waals surface area contributed by atoms with Crippen molar-refractivity contribution in [2.24, 2.45) is 0 Å². The first-order valence-electron chi connectivity index (χ1n) is 5.49. The lowest BCUT2D eigenvalue weighted by Crippen LogP contribution is -2.04. The van der Waals surface area contributed by atoms with Crippen molar-refractivity contribution in [2.45, 2.75) is 43.1 Å². The predicted molar refractivity (Wildman–Crippen MR) is 64.7 cm³/mol. The molecule has 0 nitrogen and oxygen atoms in total. The molecule has 2 rings (SSSR count). The lowest BCUT2D eigenvalue weighted by Gasteiger charge is -2.07. The van der Waals surface area contributed by atoms with E-state index in [0.29, 0.717) is 4.75 Å². The number of hydrogen-bond acceptors (Lipinski definition) is 1. The summed E-state index contributed by atoms with van der Waals surface area (Å²) in [6, 6.07) is 10.9. The van der Waals surface area contributed by atoms with Crippen LogP contribution in [-0.4, -0.2) is 4.75 Å². The Morgan fingerprint density at radius 3 is 2.64 bits per heavy atom. The second kappa shape index (κ2) is 3.98. The van der Waals surface area contributed by atoms with Crippen LogP contribution >= 0.6 is 11.8 Å². The maximum absolute atomic E-state index is 2.41. The molecular weight excluding hydrogens is 188 g/mol. The zero-order valence-corrected chi connectivity index (χ0v) is 9.81. The minimum absolute atomic E-state index is 0.539. The summed E-state index contributed by atoms with van der Waals surface area (Å²) in [5.74, 6) is 0. The highest BCUT2D eigenvalue weighted by atomic mass is 32.2. The van der Waals surface area contributed by atoms with Gasteiger partial charge in [-0.25, -0.2) is 0 Å². The van der Waals surface area contributed by atoms with Crippen LogP contribution in [0.2, 0.25) is 0 Å². The van der Waals surface area contributed by atoms with Crippen LogP contribution in [0, 0.1) is 0 Å². The molecule has 1 saturated heterocycles. The summed E-state index contributed by atoms with van der Waals surface area (Å²) < 4.78 is 0.539. The zero-order chi connectivity index (χ0) is 10.0. The molecule has 0 radical (unpaired) electrons. The molecule has 0 N–H and O–H groups in total. The number of benzene rings is 1. The molecule has 0 aliphatic carbocycles. The van der Waals surface area contributed by atoms with E-state index in [0.717, 1.165) is 5.25 Å². The van der Waals surface area contributed by atoms with Gasteiger partial charge in [-0.3, -0.25) is 0 Å². The highest BCUT2D eigenvalue weighted by Gasteiger charge is 2.51. The van der Waals surface area contributed by atoms with Gasteiger partial charge >= 0.3 is 0 Å². The predicted octanol–water partition coefficient (Wildman–Crippen LogP) is 4.42. The first-order valence-corrected chi connectivity index (χ1v) is 6.37. The van der Waals surface area contributed by atoms with Gasteiger partial charge in [0.25, 0.3) is 0 Å². The van der Waals surface area contributed by atoms with Gasteiger partial charge in [0.2, 0.25) is 0 Å². The molecule has 1 aromatic rings. The Hall–Kier alpha value is -0.430. The second-order valence-corrected chi connectivity index (χ2v) is 5.96. The van der Waals surface area contributed by atoms with Gasteiger partial charge in [-0.15, -0.1) is 11.8 Å². The van der Waals surface area contributed by atoms with Crippen molar-refractivity contribution in [3.05, 3.63) is 35.9 Å². The molecule has 1 fully saturated rings. The van der Waals surface area contributed by atoms with E-state index in [1.807, 2.05) is 0 Å². The van der Waals surface area contributed by atoms with E-state index in [1.165, 1.54) is 24.8 Å². The molecule has 2 atom stereocenters. The molecule has 1 heterocycles. The molecule has 0 saturated carbocycles. The molecule has 2 unspecified atom stereocenters. The molecule has 1 aliphatic heterocycles. The molecule has 1 aliphatic rings. The Morgan fingerprint density at radius 2 is 2.00 bits per heavy atom. The number of hydrogen-bond donors (Lipinski definition) is 0. The van der Waals surface area contributed by atoms with Crippen LogP contribution < -0.4 is 0 Å². The Balaban J connectivity index is 1.98. The maximum Gasteiger partial charge on any atom is 0.0447 e. The minimum Gasteiger partial charge on any atom is -0.144 e. The molecule has 1 aromatic carbocycles. The molecular formula is C13H18S. The van der Waals surface area contributed by atoms with Crippen molar-refractivity contribution in [3.8, 4) is 0 Å². The molecule has 0 amide bonds. The number of unbranched alkanes of at least 4 members (excludes halogenated alkanes) is 1. The highest BCUT2D eigenvalue weighted by Crippen LogP contribution is 2.66. The zero-order valence-electron chi connectivity index (χ0n) is 8.99. The van der Waals surface area contributed by atoms with Gasteiger partial charge in [-0.1, -0.05) is 50.1 Å². The van der Waals surface area contributed by atoms with Crippen LogP contribution in [0.25, 0.3) is 0 Å². The lowest BCUT2D eigenvalue weighted by atomic mass is 9.96. The Bertz CT molecular complexity index is 293. The van der Waals surface area contributed by atoms with E-state index in [1.54, 1.807) is 0 Å². The first-order chi connectivity index (χ1) is 6.76. The highest BCUT2D eigenvalue weighted by molar-refractivity contribution is 8.08. The topological polar surface area (TPSA) is 0 Å². The normalized spacial score (nSPS) is 30.3. The lowest BCUT2D eigenvalue weighted by molar-refractivity contribution is 0.600. The third-order valence-corrected chi connectivity index (χ3v) is 4.77. The van der Waals surface area contributed by atoms with Crippen molar-refractivity contribution in [1.29, 1.82) is 0 Å². The smallest absolute Gasteiger partial charge is 0.0447 e. The first kappa shape index (κ1) is 10.1. The molecule has 0 spiro atoms. The number of thioether (sulfide) groups is 1. The quantitative estimate of drug-likeness (QED) is 0.657. The van der Waals surface area contributed by atoms with E-state index in [4.69, 9.17) is 0 Å². The second-order valence-electron chi connectivity index (χ2n) is 4.32. The number of rotatable bonds is 4. The van der Waals surface area contributed by atoms with Crippen LogP contribution in [0.1, 0.15) is 43.9 Å². The third kappa shape index (κ3) is 1.98. The van der Waals surface area contributed by atoms with Crippen molar-refractivity contribution in [1.82, 2.24) is 0 Å². The van der Waals surface area contributed by atoms with Gasteiger partial charge in [0.15, 0.2) is 0 Å². The fraction of sp³-hybridized carbons (Fsp3) is 0.538. The van der Waals surface area contributed by atoms with Gasteiger partial charge < -0.3 is 0 Å². The summed E-state index contributed by atoms with van der Waals surface area (Å²) in [6.45, 7) is 4.68. The van der Waals surface area contributed by atoms with E-state index in [-0.39, 0.29) is 0 Å². The molecule has 76 valence electrons. The Morgan fingerprint density at radius 1 is 1.29 bits per heavy atom. The standard InChI is InChI=1S/C13H18S/c1-3-4-10-13(2)12(14-13)11-8-6-5-7-9-11/h5-9,12H,3-4,10H2,1-2H3. The van der Waals surface area contributed by atoms with Crippen LogP contribution in [0.3, 0.4) is 0 Å². The largest absolute Gasteiger partial charge is 0.144 e. The Kier molecular flexibility index (Phi) is 2.87. The van der Waals surface area contributed by atoms with Gasteiger partial charge in [0.05, 0.1) is 0 Å². The summed E-state index contributed by atoms with van der Waals surface area (Å²) in [4.78, 5) is 0. The molecule has 0 aromatic heterocycles. The SMILES string of the molecule is CCCCC1(C)SC1c1ccccc1. The van der Waals surface area contributed by atoms with E-state index < -0.39 is 0 Å². The van der Waals surface area contributed by atoms with Crippen LogP contribution in [0.15, 0.2) is 30.3 Å². The molecule has 14 heavy (non-hydrogen) atoms. The maximum atomic E-state index is 2.41. The van der Waals surface area contributed by atoms with Crippen LogP contribution in [0.5, 0.6) is 0 Å². The average Bonchev–Trinajstić information content (AvgIpc) is 2.90. The fourth-order valence-electron chi connectivity index (χ4n) is 2.00. The third-order valence-electron chi connectivity index (χ3n) is 3.01. The van der Waals surface area contributed by atoms with Gasteiger partial charge in [0, 0.05) is 10.00 Å². The van der Waals surface area contributed by atoms with Gasteiger partial charge in [-0.2, -0.15) is 0 Å². The molecule has 1 heteroatoms. The summed E-state index contributed by atoms with van der Waals surface area (Å²) in [6.07, 6.45) is 4.05. The summed E-state index contributed by atoms with van der Waals surface area (Å²) >= 11 is 2.13. The van der Waals surface area contributed by atoms with E-state index in [2.05, 4.69) is 55.9 Å². The molecule has 0 bridgehead atoms. The van der Waals surface area contributed by atoms with Crippen molar-refractivity contribution < 1.29 is 0 Å². The Labute approximate surface area is 91.1 Å². The summed E-state index contributed by atoms with van der Waals surface area (Å²) in [5, 5.41) is 0.759. The van der Waals surface area contributed by atoms with Crippen molar-refractivity contribution >= 4 is 11.8 Å². The summed E-state index contributed by atoms with van der Waals surface area (Å²) in [5.41, 5.74) is 1.51. The average molecular weight is 206 g/mol. The van der Waals surface area contributed by atoms with Gasteiger partial charge in [0.1, 0.15) is 0 Å². The van der Waals surface area contributed by atoms with Crippen molar-refractivity contribution in [2.75, 3.05) is 0 Å². The van der Waals surface area contributed by atoms with E-state index >= 15 is 0 Å². The van der Waals surface area contributed by atoms with Crippen LogP contribution in [-0.2, 0) is 0 Å². The van der Waals surface area contributed by atoms with Crippen LogP contribution in [0.4, 0.5) is 0 Å². The minimum atomic E-state index is 0.539. The summed E-state index contributed by atoms with van der Waals surface area (Å²) in [7, 11) is 0. The fourth-order valence-corrected chi connectivity index (χ4v) is 3.28. The van der Waals surface area contributed by atoms with E-state index in [9.17, 15) is 0 Å². The van der Waals surface area contributed by atoms with Gasteiger partial charge in [-0.05, 0) is 18.9 Å².